The zero-order chi connectivity index (χ0) is 20.9. The van der Waals surface area contributed by atoms with E-state index in [-0.39, 0.29) is 17.1 Å². The molecule has 0 atom stereocenters. The molecule has 0 fully saturated rings. The number of esters is 1. The molecule has 6 nitrogen and oxygen atoms in total. The van der Waals surface area contributed by atoms with Crippen LogP contribution in [0, 0.1) is 6.92 Å². The van der Waals surface area contributed by atoms with Crippen LogP contribution in [0.3, 0.4) is 0 Å². The van der Waals surface area contributed by atoms with E-state index in [2.05, 4.69) is 0 Å². The molecular weight excluding hydrogens is 380 g/mol. The second-order valence-corrected chi connectivity index (χ2v) is 8.32. The SMILES string of the molecule is CCOC(=O)C(CC(=O)O)=C(c1ccc(C)cc1)c1ccc(S(C)(=O)=O)cc1. The number of aliphatic carboxylic acids is 1. The van der Waals surface area contributed by atoms with Crippen LogP contribution in [0.4, 0.5) is 0 Å². The molecule has 0 amide bonds. The number of rotatable bonds is 7. The van der Waals surface area contributed by atoms with Crippen molar-refractivity contribution in [2.75, 3.05) is 12.9 Å². The first-order valence-corrected chi connectivity index (χ1v) is 10.5. The van der Waals surface area contributed by atoms with Crippen molar-refractivity contribution in [1.82, 2.24) is 0 Å². The Morgan fingerprint density at radius 2 is 1.46 bits per heavy atom. The van der Waals surface area contributed by atoms with Gasteiger partial charge in [-0.05, 0) is 42.7 Å². The highest BCUT2D eigenvalue weighted by atomic mass is 32.2. The average molecular weight is 402 g/mol. The zero-order valence-electron chi connectivity index (χ0n) is 15.9. The number of carboxylic acid groups (broad SMARTS) is 1. The van der Waals surface area contributed by atoms with Crippen LogP contribution in [0.1, 0.15) is 30.0 Å². The number of carboxylic acids is 1. The number of sulfone groups is 1. The highest BCUT2D eigenvalue weighted by Crippen LogP contribution is 2.30. The van der Waals surface area contributed by atoms with Crippen LogP contribution in [0.25, 0.3) is 5.57 Å². The first-order chi connectivity index (χ1) is 13.1. The van der Waals surface area contributed by atoms with Crippen molar-refractivity contribution in [3.8, 4) is 0 Å². The maximum Gasteiger partial charge on any atom is 0.335 e. The number of hydrogen-bond donors (Lipinski definition) is 1. The van der Waals surface area contributed by atoms with Gasteiger partial charge < -0.3 is 9.84 Å². The Morgan fingerprint density at radius 1 is 0.964 bits per heavy atom. The van der Waals surface area contributed by atoms with Gasteiger partial charge in [-0.3, -0.25) is 4.79 Å². The standard InChI is InChI=1S/C21H22O6S/c1-4-27-21(24)18(13-19(22)23)20(15-7-5-14(2)6-8-15)16-9-11-17(12-10-16)28(3,25)26/h5-12H,4,13H2,1-3H3,(H,22,23). The molecule has 0 bridgehead atoms. The lowest BCUT2D eigenvalue weighted by molar-refractivity contribution is -0.142. The minimum Gasteiger partial charge on any atom is -0.481 e. The van der Waals surface area contributed by atoms with Crippen LogP contribution in [0.5, 0.6) is 0 Å². The molecule has 0 saturated carbocycles. The van der Waals surface area contributed by atoms with Gasteiger partial charge in [0.15, 0.2) is 9.84 Å². The van der Waals surface area contributed by atoms with Crippen molar-refractivity contribution in [2.45, 2.75) is 25.2 Å². The predicted molar refractivity (Wildman–Crippen MR) is 106 cm³/mol. The molecule has 2 aromatic rings. The summed E-state index contributed by atoms with van der Waals surface area (Å²) in [5.74, 6) is -1.88. The minimum absolute atomic E-state index is 0.00492. The second kappa shape index (κ2) is 8.84. The maximum atomic E-state index is 12.5. The largest absolute Gasteiger partial charge is 0.481 e. The molecule has 0 aliphatic rings. The fraction of sp³-hybridized carbons (Fsp3) is 0.238. The number of benzene rings is 2. The van der Waals surface area contributed by atoms with Gasteiger partial charge in [-0.2, -0.15) is 0 Å². The molecule has 0 heterocycles. The van der Waals surface area contributed by atoms with E-state index in [9.17, 15) is 23.1 Å². The fourth-order valence-corrected chi connectivity index (χ4v) is 3.37. The van der Waals surface area contributed by atoms with Crippen LogP contribution in [0.2, 0.25) is 0 Å². The molecule has 2 aromatic carbocycles. The van der Waals surface area contributed by atoms with Gasteiger partial charge in [0.05, 0.1) is 23.5 Å². The number of carbonyl (C=O) groups is 2. The van der Waals surface area contributed by atoms with Gasteiger partial charge in [0.1, 0.15) is 0 Å². The summed E-state index contributed by atoms with van der Waals surface area (Å²) >= 11 is 0. The summed E-state index contributed by atoms with van der Waals surface area (Å²) in [6.45, 7) is 3.66. The normalized spacial score (nSPS) is 12.2. The summed E-state index contributed by atoms with van der Waals surface area (Å²) in [4.78, 5) is 24.1. The van der Waals surface area contributed by atoms with Crippen LogP contribution in [0.15, 0.2) is 59.0 Å². The summed E-state index contributed by atoms with van der Waals surface area (Å²) in [7, 11) is -3.38. The van der Waals surface area contributed by atoms with Gasteiger partial charge in [-0.15, -0.1) is 0 Å². The molecule has 0 aromatic heterocycles. The molecule has 0 aliphatic heterocycles. The third-order valence-electron chi connectivity index (χ3n) is 4.06. The second-order valence-electron chi connectivity index (χ2n) is 6.31. The van der Waals surface area contributed by atoms with Crippen LogP contribution in [-0.2, 0) is 24.2 Å². The Labute approximate surface area is 164 Å². The third-order valence-corrected chi connectivity index (χ3v) is 5.19. The highest BCUT2D eigenvalue weighted by Gasteiger charge is 2.22. The van der Waals surface area contributed by atoms with Gasteiger partial charge in [0.2, 0.25) is 0 Å². The van der Waals surface area contributed by atoms with Crippen LogP contribution in [-0.4, -0.2) is 38.3 Å². The Kier molecular flexibility index (Phi) is 6.75. The van der Waals surface area contributed by atoms with Crippen molar-refractivity contribution in [1.29, 1.82) is 0 Å². The molecule has 0 aliphatic carbocycles. The van der Waals surface area contributed by atoms with Crippen molar-refractivity contribution in [3.63, 3.8) is 0 Å². The van der Waals surface area contributed by atoms with Crippen molar-refractivity contribution >= 4 is 27.3 Å². The third kappa shape index (κ3) is 5.29. The molecule has 7 heteroatoms. The summed E-state index contributed by atoms with van der Waals surface area (Å²) in [5, 5.41) is 9.32. The molecule has 0 spiro atoms. The number of ether oxygens (including phenoxy) is 1. The number of carbonyl (C=O) groups excluding carboxylic acids is 1. The average Bonchev–Trinajstić information content (AvgIpc) is 2.62. The smallest absolute Gasteiger partial charge is 0.335 e. The summed E-state index contributed by atoms with van der Waals surface area (Å²) in [6.07, 6.45) is 0.586. The lowest BCUT2D eigenvalue weighted by Gasteiger charge is -2.15. The Bertz CT molecular complexity index is 1000. The lowest BCUT2D eigenvalue weighted by atomic mass is 9.91. The van der Waals surface area contributed by atoms with Gasteiger partial charge in [0, 0.05) is 6.26 Å². The van der Waals surface area contributed by atoms with Crippen LogP contribution >= 0.6 is 0 Å². The van der Waals surface area contributed by atoms with E-state index >= 15 is 0 Å². The highest BCUT2D eigenvalue weighted by molar-refractivity contribution is 7.90. The summed E-state index contributed by atoms with van der Waals surface area (Å²) < 4.78 is 28.5. The van der Waals surface area contributed by atoms with E-state index in [1.54, 1.807) is 31.2 Å². The Morgan fingerprint density at radius 3 is 1.89 bits per heavy atom. The number of aryl methyl sites for hydroxylation is 1. The van der Waals surface area contributed by atoms with E-state index in [0.717, 1.165) is 11.8 Å². The Hall–Kier alpha value is -2.93. The quantitative estimate of drug-likeness (QED) is 0.564. The topological polar surface area (TPSA) is 97.7 Å². The molecule has 0 unspecified atom stereocenters. The van der Waals surface area contributed by atoms with E-state index in [1.807, 2.05) is 19.1 Å². The summed E-state index contributed by atoms with van der Waals surface area (Å²) in [5.41, 5.74) is 2.58. The predicted octanol–water partition coefficient (Wildman–Crippen LogP) is 3.24. The summed E-state index contributed by atoms with van der Waals surface area (Å²) in [6, 6.07) is 13.3. The van der Waals surface area contributed by atoms with E-state index in [1.165, 1.54) is 12.1 Å². The molecule has 28 heavy (non-hydrogen) atoms. The number of hydrogen-bond acceptors (Lipinski definition) is 5. The monoisotopic (exact) mass is 402 g/mol. The van der Waals surface area contributed by atoms with Crippen molar-refractivity contribution in [2.24, 2.45) is 0 Å². The lowest BCUT2D eigenvalue weighted by Crippen LogP contribution is -2.14. The van der Waals surface area contributed by atoms with Gasteiger partial charge >= 0.3 is 11.9 Å². The van der Waals surface area contributed by atoms with Crippen molar-refractivity contribution in [3.05, 3.63) is 70.8 Å². The van der Waals surface area contributed by atoms with E-state index in [0.29, 0.717) is 16.7 Å². The molecule has 0 radical (unpaired) electrons. The first kappa shape index (κ1) is 21.4. The van der Waals surface area contributed by atoms with Gasteiger partial charge in [0.25, 0.3) is 0 Å². The molecule has 2 rings (SSSR count). The first-order valence-electron chi connectivity index (χ1n) is 8.63. The molecular formula is C21H22O6S. The van der Waals surface area contributed by atoms with Crippen LogP contribution < -0.4 is 0 Å². The van der Waals surface area contributed by atoms with Crippen molar-refractivity contribution < 1.29 is 27.9 Å². The van der Waals surface area contributed by atoms with E-state index in [4.69, 9.17) is 4.74 Å². The molecule has 0 saturated heterocycles. The minimum atomic E-state index is -3.38. The maximum absolute atomic E-state index is 12.5. The Balaban J connectivity index is 2.75. The molecule has 148 valence electrons. The molecule has 1 N–H and O–H groups in total. The zero-order valence-corrected chi connectivity index (χ0v) is 16.7. The fourth-order valence-electron chi connectivity index (χ4n) is 2.74. The van der Waals surface area contributed by atoms with Gasteiger partial charge in [-0.1, -0.05) is 42.0 Å². The van der Waals surface area contributed by atoms with E-state index < -0.39 is 28.2 Å². The van der Waals surface area contributed by atoms with Gasteiger partial charge in [-0.25, -0.2) is 13.2 Å².